The van der Waals surface area contributed by atoms with Gasteiger partial charge in [-0.05, 0) is 201 Å². The minimum atomic E-state index is -1.09. The number of rotatable bonds is 7. The summed E-state index contributed by atoms with van der Waals surface area (Å²) in [6.07, 6.45) is 3.62. The standard InChI is InChI=1S/C80H83NO11S8/c1-39(2)19-48-27-55-59-37-98-99-67-29-47-22-40-7-3-9-43(20-40)58(36-96-97-38-61(47)81-73(67)45-10-4-8-41(21-45)24-54(59)74(48)87)63(85)25-42-13-14-46-33-80-60-28-50(35-95-94-34-49(46)23-42)52-26-44(11-5-16-82)51(15-17-83)53-30-56-69(71(60)68(52)53)57(79(80)90)31-65(62(84)12-6-18-93-100-80)91-78-70(56)64(86)32-66-72(78)75(88)76(89)77(55)92-66/h3-4,7-10,13-14,20-21,23,27-28,30,32,39,44,47,51,57-58,61-62,65,67,73,79,81-84,86-87,89-90H,5-6,11-12,15-19,22,24-26,29,31,33-38H2,1-2H3/t44-,47+,51-,57-,58-,61+,62+,65-,67-,73+,79-,80+/m0/s1. The number of Topliss-reactive ketones (excluding diaryl/α,β-unsaturated/α-hetero) is 1. The van der Waals surface area contributed by atoms with Gasteiger partial charge in [0.05, 0.1) is 28.4 Å². The summed E-state index contributed by atoms with van der Waals surface area (Å²) in [5, 5.41) is 94.4. The molecule has 1 aromatic heterocycles. The topological polar surface area (TPSA) is 210 Å². The van der Waals surface area contributed by atoms with E-state index in [1.165, 1.54) is 28.3 Å². The predicted octanol–water partition coefficient (Wildman–Crippen LogP) is 16.7. The highest BCUT2D eigenvalue weighted by Gasteiger charge is 2.55. The summed E-state index contributed by atoms with van der Waals surface area (Å²) in [7, 11) is 14.3. The molecule has 12 nitrogen and oxygen atoms in total. The summed E-state index contributed by atoms with van der Waals surface area (Å²) >= 11 is 0. The van der Waals surface area contributed by atoms with E-state index in [0.717, 1.165) is 79.4 Å². The lowest BCUT2D eigenvalue weighted by atomic mass is 9.62. The fraction of sp³-hybridized carbons (Fsp3) is 0.450. The molecule has 12 atom stereocenters. The number of phenolic OH excluding ortho intramolecular Hbond substituents is 2. The van der Waals surface area contributed by atoms with Crippen LogP contribution in [0.1, 0.15) is 166 Å². The van der Waals surface area contributed by atoms with Crippen molar-refractivity contribution in [2.75, 3.05) is 30.5 Å². The zero-order valence-corrected chi connectivity index (χ0v) is 62.5. The molecule has 2 aliphatic carbocycles. The quantitative estimate of drug-likeness (QED) is 0.0698. The van der Waals surface area contributed by atoms with Crippen LogP contribution in [0.3, 0.4) is 0 Å². The van der Waals surface area contributed by atoms with Crippen molar-refractivity contribution < 1.29 is 49.7 Å². The van der Waals surface area contributed by atoms with Crippen LogP contribution in [0, 0.1) is 17.8 Å². The second-order valence-corrected chi connectivity index (χ2v) is 40.2. The van der Waals surface area contributed by atoms with Gasteiger partial charge in [0.2, 0.25) is 11.2 Å². The minimum Gasteiger partial charge on any atom is -0.507 e. The molecule has 0 amide bonds. The van der Waals surface area contributed by atoms with Gasteiger partial charge in [-0.15, -0.1) is 0 Å². The number of aliphatic hydroxyl groups is 4. The molecule has 12 heterocycles. The van der Waals surface area contributed by atoms with Gasteiger partial charge < -0.3 is 50.2 Å². The molecular formula is C80H83NO11S8. The van der Waals surface area contributed by atoms with Gasteiger partial charge in [0.1, 0.15) is 40.1 Å². The molecule has 0 unspecified atom stereocenters. The molecular weight excluding hydrogens is 1410 g/mol. The van der Waals surface area contributed by atoms with Gasteiger partial charge in [0.15, 0.2) is 5.76 Å². The van der Waals surface area contributed by atoms with Crippen LogP contribution in [0.15, 0.2) is 100 Å². The highest BCUT2D eigenvalue weighted by atomic mass is 33.1. The van der Waals surface area contributed by atoms with E-state index in [4.69, 9.17) is 9.15 Å². The SMILES string of the molecule is CC(C)Cc1cc2c3c(c1O)Cc1cccc(c1)[C@H]1N[C@@H]4CSSC[C@H](C(=O)Cc5ccc6c(c5)CSSCc5cc7c8c9c(cc%10c8c5C[C@H](CCCO)[C@@H]%10CCO)-c5c(O)cc8oc-2c(O)c(=O)c8c5O[C@H]2C[C@@H]9[C@H](O)[C@]7(C6)SSCCC[C@H]2O)c2cccc(c2)C[C@@H]4C[C@@H]1SSC3. The maximum Gasteiger partial charge on any atom is 0.238 e. The van der Waals surface area contributed by atoms with Crippen LogP contribution in [-0.4, -0.2) is 102 Å². The van der Waals surface area contributed by atoms with Crippen molar-refractivity contribution in [3.05, 3.63) is 185 Å². The van der Waals surface area contributed by atoms with Crippen molar-refractivity contribution >= 4 is 114 Å². The van der Waals surface area contributed by atoms with Gasteiger partial charge in [-0.2, -0.15) is 0 Å². The molecule has 1 spiro atoms. The van der Waals surface area contributed by atoms with E-state index >= 15 is 9.59 Å². The third-order valence-electron chi connectivity index (χ3n) is 23.3. The zero-order chi connectivity index (χ0) is 68.4. The number of hydrogen-bond donors (Lipinski definition) is 8. The summed E-state index contributed by atoms with van der Waals surface area (Å²) in [4.78, 5) is 31.6. The second-order valence-electron chi connectivity index (χ2n) is 29.8. The summed E-state index contributed by atoms with van der Waals surface area (Å²) in [5.41, 5.74) is 15.3. The van der Waals surface area contributed by atoms with Crippen LogP contribution >= 0.6 is 86.4 Å². The third kappa shape index (κ3) is 12.1. The first-order valence-corrected chi connectivity index (χ1v) is 45.3. The largest absolute Gasteiger partial charge is 0.507 e. The number of carbonyl (C=O) groups excluding carboxylic acids is 1. The summed E-state index contributed by atoms with van der Waals surface area (Å²) in [5.74, 6) is 2.41. The molecule has 11 aliphatic heterocycles. The Morgan fingerprint density at radius 1 is 0.710 bits per heavy atom. The zero-order valence-electron chi connectivity index (χ0n) is 56.0. The highest BCUT2D eigenvalue weighted by molar-refractivity contribution is 8.77. The van der Waals surface area contributed by atoms with Crippen molar-refractivity contribution in [1.82, 2.24) is 5.32 Å². The number of aromatic hydroxyl groups is 3. The summed E-state index contributed by atoms with van der Waals surface area (Å²) < 4.78 is 13.5. The number of aliphatic hydroxyl groups excluding tert-OH is 4. The molecule has 0 saturated carbocycles. The highest BCUT2D eigenvalue weighted by Crippen LogP contribution is 2.65. The van der Waals surface area contributed by atoms with E-state index in [1.54, 1.807) is 43.2 Å². The van der Waals surface area contributed by atoms with Crippen LogP contribution < -0.4 is 15.5 Å². The predicted molar refractivity (Wildman–Crippen MR) is 416 cm³/mol. The fourth-order valence-electron chi connectivity index (χ4n) is 18.6. The average molecular weight is 1490 g/mol. The molecule has 0 radical (unpaired) electrons. The smallest absolute Gasteiger partial charge is 0.238 e. The first kappa shape index (κ1) is 68.6. The molecule has 522 valence electrons. The number of piperidine rings is 1. The summed E-state index contributed by atoms with van der Waals surface area (Å²) in [6, 6.07) is 32.2. The Balaban J connectivity index is 0.951. The number of ether oxygens (including phenoxy) is 1. The number of hydrogen-bond acceptors (Lipinski definition) is 20. The van der Waals surface area contributed by atoms with Crippen LogP contribution in [-0.2, 0) is 65.3 Å². The fourth-order valence-corrected chi connectivity index (χ4v) is 29.8. The molecule has 13 aliphatic rings. The van der Waals surface area contributed by atoms with Gasteiger partial charge in [0.25, 0.3) is 0 Å². The van der Waals surface area contributed by atoms with E-state index in [1.807, 2.05) is 49.2 Å². The number of fused-ring (bicyclic) bond motifs is 5. The lowest BCUT2D eigenvalue weighted by molar-refractivity contribution is -0.119. The van der Waals surface area contributed by atoms with Crippen molar-refractivity contribution in [2.45, 2.75) is 173 Å². The van der Waals surface area contributed by atoms with E-state index < -0.39 is 40.2 Å². The van der Waals surface area contributed by atoms with Crippen LogP contribution in [0.2, 0.25) is 0 Å². The number of ketones is 1. The van der Waals surface area contributed by atoms with E-state index in [9.17, 15) is 35.7 Å². The maximum absolute atomic E-state index is 16.2. The Hall–Kier alpha value is -4.52. The Labute approximate surface area is 614 Å². The Morgan fingerprint density at radius 3 is 2.36 bits per heavy atom. The first-order valence-electron chi connectivity index (χ1n) is 35.6. The van der Waals surface area contributed by atoms with Crippen LogP contribution in [0.5, 0.6) is 23.0 Å². The van der Waals surface area contributed by atoms with Crippen LogP contribution in [0.4, 0.5) is 0 Å². The van der Waals surface area contributed by atoms with Gasteiger partial charge in [-0.1, -0.05) is 173 Å². The maximum atomic E-state index is 16.2. The van der Waals surface area contributed by atoms with E-state index in [2.05, 4.69) is 98.0 Å². The third-order valence-corrected chi connectivity index (χ3v) is 34.0. The van der Waals surface area contributed by atoms with E-state index in [-0.39, 0.29) is 118 Å². The Bertz CT molecular complexity index is 4660. The molecule has 24 bridgehead atoms. The first-order chi connectivity index (χ1) is 48.6. The van der Waals surface area contributed by atoms with Crippen molar-refractivity contribution in [1.29, 1.82) is 0 Å². The second kappa shape index (κ2) is 28.1. The molecule has 7 aromatic carbocycles. The number of nitrogens with one attached hydrogen (secondary N) is 1. The van der Waals surface area contributed by atoms with Crippen molar-refractivity contribution in [3.63, 3.8) is 0 Å². The van der Waals surface area contributed by atoms with Gasteiger partial charge in [0, 0.05) is 101 Å². The number of benzene rings is 7. The Morgan fingerprint density at radius 2 is 1.52 bits per heavy atom. The molecule has 100 heavy (non-hydrogen) atoms. The monoisotopic (exact) mass is 1490 g/mol. The molecule has 2 saturated heterocycles. The molecule has 8 aromatic rings. The Kier molecular flexibility index (Phi) is 19.3. The van der Waals surface area contributed by atoms with Crippen molar-refractivity contribution in [3.8, 4) is 45.4 Å². The molecule has 8 N–H and O–H groups in total. The average Bonchev–Trinajstić information content (AvgIpc) is 0.746. The molecule has 20 heteroatoms. The summed E-state index contributed by atoms with van der Waals surface area (Å²) in [6.45, 7) is 4.12. The van der Waals surface area contributed by atoms with Gasteiger partial charge in [-0.3, -0.25) is 9.59 Å². The molecule has 21 rings (SSSR count). The number of carbonyl (C=O) groups is 1. The molecule has 2 fully saturated rings. The van der Waals surface area contributed by atoms with E-state index in [0.29, 0.717) is 109 Å². The number of phenols is 2. The lowest BCUT2D eigenvalue weighted by Gasteiger charge is -2.50. The van der Waals surface area contributed by atoms with Crippen LogP contribution in [0.25, 0.3) is 44.2 Å². The van der Waals surface area contributed by atoms with Gasteiger partial charge >= 0.3 is 0 Å². The minimum absolute atomic E-state index is 0.00328. The lowest BCUT2D eigenvalue weighted by Crippen LogP contribution is -2.50. The normalized spacial score (nSPS) is 27.7. The van der Waals surface area contributed by atoms with Gasteiger partial charge in [-0.25, -0.2) is 0 Å². The van der Waals surface area contributed by atoms with Crippen molar-refractivity contribution in [2.24, 2.45) is 17.8 Å².